The van der Waals surface area contributed by atoms with Gasteiger partial charge in [0.2, 0.25) is 5.95 Å². The fourth-order valence-corrected chi connectivity index (χ4v) is 3.21. The third kappa shape index (κ3) is 4.65. The van der Waals surface area contributed by atoms with Crippen molar-refractivity contribution < 1.29 is 13.2 Å². The lowest BCUT2D eigenvalue weighted by Crippen LogP contribution is -2.50. The van der Waals surface area contributed by atoms with Crippen molar-refractivity contribution >= 4 is 29.0 Å². The van der Waals surface area contributed by atoms with Gasteiger partial charge in [-0.15, -0.1) is 0 Å². The van der Waals surface area contributed by atoms with Crippen LogP contribution in [0.4, 0.5) is 24.8 Å². The van der Waals surface area contributed by atoms with Gasteiger partial charge in [0.1, 0.15) is 5.69 Å². The predicted molar refractivity (Wildman–Crippen MR) is 103 cm³/mol. The first-order valence-electron chi connectivity index (χ1n) is 8.52. The van der Waals surface area contributed by atoms with E-state index in [-0.39, 0.29) is 5.95 Å². The van der Waals surface area contributed by atoms with Crippen molar-refractivity contribution in [1.82, 2.24) is 14.9 Å². The molecule has 27 heavy (non-hydrogen) atoms. The number of thiocarbonyl (C=S) groups is 1. The zero-order chi connectivity index (χ0) is 19.6. The Morgan fingerprint density at radius 3 is 2.44 bits per heavy atom. The summed E-state index contributed by atoms with van der Waals surface area (Å²) in [5.41, 5.74) is 2.31. The number of nitrogens with zero attached hydrogens (tertiary/aromatic N) is 4. The second kappa shape index (κ2) is 7.67. The van der Waals surface area contributed by atoms with Gasteiger partial charge in [0.05, 0.1) is 0 Å². The van der Waals surface area contributed by atoms with Crippen molar-refractivity contribution in [1.29, 1.82) is 0 Å². The fourth-order valence-electron chi connectivity index (χ4n) is 2.92. The minimum atomic E-state index is -4.48. The van der Waals surface area contributed by atoms with E-state index in [4.69, 9.17) is 12.2 Å². The smallest absolute Gasteiger partial charge is 0.345 e. The molecule has 2 aromatic rings. The highest BCUT2D eigenvalue weighted by Crippen LogP contribution is 2.28. The van der Waals surface area contributed by atoms with E-state index < -0.39 is 11.9 Å². The molecule has 144 valence electrons. The Morgan fingerprint density at radius 1 is 1.11 bits per heavy atom. The van der Waals surface area contributed by atoms with Crippen LogP contribution in [0.1, 0.15) is 16.8 Å². The van der Waals surface area contributed by atoms with Crippen LogP contribution in [-0.4, -0.2) is 46.2 Å². The van der Waals surface area contributed by atoms with Gasteiger partial charge in [0, 0.05) is 38.1 Å². The van der Waals surface area contributed by atoms with E-state index in [9.17, 15) is 13.2 Å². The number of rotatable bonds is 2. The van der Waals surface area contributed by atoms with Crippen LogP contribution in [-0.2, 0) is 6.18 Å². The molecule has 0 saturated carbocycles. The van der Waals surface area contributed by atoms with Crippen LogP contribution in [0.2, 0.25) is 0 Å². The van der Waals surface area contributed by atoms with Crippen LogP contribution >= 0.6 is 12.2 Å². The van der Waals surface area contributed by atoms with Crippen molar-refractivity contribution in [2.24, 2.45) is 0 Å². The van der Waals surface area contributed by atoms with Gasteiger partial charge in [-0.05, 0) is 43.8 Å². The highest BCUT2D eigenvalue weighted by atomic mass is 32.1. The van der Waals surface area contributed by atoms with Gasteiger partial charge < -0.3 is 15.1 Å². The van der Waals surface area contributed by atoms with Crippen LogP contribution < -0.4 is 10.2 Å². The van der Waals surface area contributed by atoms with Crippen LogP contribution in [0.5, 0.6) is 0 Å². The summed E-state index contributed by atoms with van der Waals surface area (Å²) < 4.78 is 38.5. The number of aryl methyl sites for hydroxylation is 2. The van der Waals surface area contributed by atoms with Gasteiger partial charge in [-0.2, -0.15) is 13.2 Å². The topological polar surface area (TPSA) is 44.3 Å². The lowest BCUT2D eigenvalue weighted by molar-refractivity contribution is -0.141. The maximum absolute atomic E-state index is 12.8. The first-order chi connectivity index (χ1) is 12.7. The molecule has 1 aromatic carbocycles. The molecule has 0 unspecified atom stereocenters. The zero-order valence-corrected chi connectivity index (χ0v) is 15.9. The standard InChI is InChI=1S/C18H20F3N5S/c1-12-3-4-14(13(2)11-12)23-17(27)26-9-7-25(8-10-26)16-22-6-5-15(24-16)18(19,20)21/h3-6,11H,7-10H2,1-2H3,(H,23,27). The molecule has 0 spiro atoms. The molecular formula is C18H20F3N5S. The van der Waals surface area contributed by atoms with Crippen molar-refractivity contribution in [3.63, 3.8) is 0 Å². The Balaban J connectivity index is 1.61. The SMILES string of the molecule is Cc1ccc(NC(=S)N2CCN(c3nccc(C(F)(F)F)n3)CC2)c(C)c1. The first kappa shape index (κ1) is 19.3. The van der Waals surface area contributed by atoms with Gasteiger partial charge in [-0.3, -0.25) is 0 Å². The molecule has 1 fully saturated rings. The number of nitrogens with one attached hydrogen (secondary N) is 1. The molecule has 1 aliphatic heterocycles. The number of halogens is 3. The minimum Gasteiger partial charge on any atom is -0.345 e. The number of hydrogen-bond acceptors (Lipinski definition) is 4. The molecule has 9 heteroatoms. The minimum absolute atomic E-state index is 0.0951. The fraction of sp³-hybridized carbons (Fsp3) is 0.389. The number of aromatic nitrogens is 2. The molecule has 0 aliphatic carbocycles. The number of piperazine rings is 1. The van der Waals surface area contributed by atoms with Gasteiger partial charge in [-0.25, -0.2) is 9.97 Å². The summed E-state index contributed by atoms with van der Waals surface area (Å²) >= 11 is 5.49. The molecule has 0 radical (unpaired) electrons. The second-order valence-electron chi connectivity index (χ2n) is 6.46. The van der Waals surface area contributed by atoms with E-state index in [1.807, 2.05) is 30.9 Å². The number of alkyl halides is 3. The second-order valence-corrected chi connectivity index (χ2v) is 6.85. The summed E-state index contributed by atoms with van der Waals surface area (Å²) in [5.74, 6) is 0.0951. The maximum Gasteiger partial charge on any atom is 0.433 e. The monoisotopic (exact) mass is 395 g/mol. The average Bonchev–Trinajstić information content (AvgIpc) is 2.63. The summed E-state index contributed by atoms with van der Waals surface area (Å²) in [7, 11) is 0. The van der Waals surface area contributed by atoms with E-state index in [0.717, 1.165) is 23.5 Å². The number of hydrogen-bond donors (Lipinski definition) is 1. The van der Waals surface area contributed by atoms with Gasteiger partial charge in [0.25, 0.3) is 0 Å². The lowest BCUT2D eigenvalue weighted by atomic mass is 10.1. The van der Waals surface area contributed by atoms with Crippen molar-refractivity contribution in [3.05, 3.63) is 47.3 Å². The summed E-state index contributed by atoms with van der Waals surface area (Å²) in [5, 5.41) is 3.85. The summed E-state index contributed by atoms with van der Waals surface area (Å²) in [4.78, 5) is 11.4. The van der Waals surface area contributed by atoms with E-state index >= 15 is 0 Å². The Kier molecular flexibility index (Phi) is 5.50. The Bertz CT molecular complexity index is 832. The van der Waals surface area contributed by atoms with Gasteiger partial charge >= 0.3 is 6.18 Å². The van der Waals surface area contributed by atoms with Crippen LogP contribution in [0.25, 0.3) is 0 Å². The summed E-state index contributed by atoms with van der Waals surface area (Å²) in [6.07, 6.45) is -3.33. The van der Waals surface area contributed by atoms with E-state index in [2.05, 4.69) is 21.4 Å². The number of anilines is 2. The molecule has 1 aliphatic rings. The van der Waals surface area contributed by atoms with E-state index in [1.165, 1.54) is 5.56 Å². The predicted octanol–water partition coefficient (Wildman–Crippen LogP) is 3.63. The molecule has 1 aromatic heterocycles. The number of benzene rings is 1. The normalized spacial score (nSPS) is 15.0. The van der Waals surface area contributed by atoms with Crippen molar-refractivity contribution in [2.75, 3.05) is 36.4 Å². The zero-order valence-electron chi connectivity index (χ0n) is 15.0. The first-order valence-corrected chi connectivity index (χ1v) is 8.93. The molecular weight excluding hydrogens is 375 g/mol. The Morgan fingerprint density at radius 2 is 1.81 bits per heavy atom. The summed E-state index contributed by atoms with van der Waals surface area (Å²) in [6.45, 7) is 6.20. The molecule has 5 nitrogen and oxygen atoms in total. The molecule has 0 bridgehead atoms. The van der Waals surface area contributed by atoms with Crippen LogP contribution in [0.3, 0.4) is 0 Å². The molecule has 1 N–H and O–H groups in total. The van der Waals surface area contributed by atoms with E-state index in [1.54, 1.807) is 4.90 Å². The quantitative estimate of drug-likeness (QED) is 0.784. The largest absolute Gasteiger partial charge is 0.433 e. The average molecular weight is 395 g/mol. The van der Waals surface area contributed by atoms with Crippen molar-refractivity contribution in [2.45, 2.75) is 20.0 Å². The Hall–Kier alpha value is -2.42. The van der Waals surface area contributed by atoms with Gasteiger partial charge in [-0.1, -0.05) is 17.7 Å². The molecule has 1 saturated heterocycles. The van der Waals surface area contributed by atoms with Crippen LogP contribution in [0.15, 0.2) is 30.5 Å². The third-order valence-electron chi connectivity index (χ3n) is 4.41. The lowest BCUT2D eigenvalue weighted by Gasteiger charge is -2.36. The third-order valence-corrected chi connectivity index (χ3v) is 4.77. The summed E-state index contributed by atoms with van der Waals surface area (Å²) in [6, 6.07) is 6.96. The molecule has 0 amide bonds. The van der Waals surface area contributed by atoms with E-state index in [0.29, 0.717) is 31.3 Å². The molecule has 2 heterocycles. The van der Waals surface area contributed by atoms with Crippen LogP contribution in [0, 0.1) is 13.8 Å². The molecule has 0 atom stereocenters. The van der Waals surface area contributed by atoms with Crippen molar-refractivity contribution in [3.8, 4) is 0 Å². The highest BCUT2D eigenvalue weighted by molar-refractivity contribution is 7.80. The maximum atomic E-state index is 12.8. The van der Waals surface area contributed by atoms with Gasteiger partial charge in [0.15, 0.2) is 5.11 Å². The molecule has 3 rings (SSSR count). The highest BCUT2D eigenvalue weighted by Gasteiger charge is 2.33. The Labute approximate surface area is 161 Å².